The summed E-state index contributed by atoms with van der Waals surface area (Å²) in [6.45, 7) is 2.89. The van der Waals surface area contributed by atoms with Gasteiger partial charge in [-0.25, -0.2) is 0 Å². The summed E-state index contributed by atoms with van der Waals surface area (Å²) < 4.78 is 5.00. The van der Waals surface area contributed by atoms with Gasteiger partial charge >= 0.3 is 0 Å². The highest BCUT2D eigenvalue weighted by atomic mass is 16.5. The maximum Gasteiger partial charge on any atom is 0.257 e. The average Bonchev–Trinajstić information content (AvgIpc) is 2.59. The lowest BCUT2D eigenvalue weighted by atomic mass is 9.98. The molecule has 1 aliphatic rings. The van der Waals surface area contributed by atoms with Crippen molar-refractivity contribution in [1.29, 1.82) is 0 Å². The molecule has 0 aliphatic carbocycles. The highest BCUT2D eigenvalue weighted by molar-refractivity contribution is 5.97. The first kappa shape index (κ1) is 14.7. The van der Waals surface area contributed by atoms with E-state index in [1.54, 1.807) is 24.0 Å². The van der Waals surface area contributed by atoms with Crippen LogP contribution in [0.5, 0.6) is 11.5 Å². The van der Waals surface area contributed by atoms with Gasteiger partial charge in [0.05, 0.1) is 18.3 Å². The van der Waals surface area contributed by atoms with E-state index in [2.05, 4.69) is 0 Å². The minimum atomic E-state index is -0.711. The number of benzene rings is 1. The van der Waals surface area contributed by atoms with Crippen molar-refractivity contribution >= 4 is 5.91 Å². The number of rotatable bonds is 2. The lowest BCUT2D eigenvalue weighted by Gasteiger charge is -2.23. The van der Waals surface area contributed by atoms with E-state index >= 15 is 0 Å². The molecule has 1 atom stereocenters. The van der Waals surface area contributed by atoms with Gasteiger partial charge in [-0.3, -0.25) is 4.79 Å². The number of hydrogen-bond donors (Lipinski definition) is 2. The predicted molar refractivity (Wildman–Crippen MR) is 75.0 cm³/mol. The number of phenolic OH excluding ortho intramolecular Hbond substituents is 1. The Balaban J connectivity index is 2.15. The number of nitrogens with zero attached hydrogens (tertiary/aromatic N) is 1. The van der Waals surface area contributed by atoms with Crippen molar-refractivity contribution in [1.82, 2.24) is 4.90 Å². The Hall–Kier alpha value is -1.75. The first-order valence-electron chi connectivity index (χ1n) is 6.81. The van der Waals surface area contributed by atoms with Crippen LogP contribution < -0.4 is 4.74 Å². The zero-order valence-electron chi connectivity index (χ0n) is 11.9. The van der Waals surface area contributed by atoms with Crippen molar-refractivity contribution in [2.75, 3.05) is 20.2 Å². The molecular weight excluding hydrogens is 258 g/mol. The van der Waals surface area contributed by atoms with Crippen LogP contribution in [0.2, 0.25) is 0 Å². The normalized spacial score (nSPS) is 23.2. The summed E-state index contributed by atoms with van der Waals surface area (Å²) in [6.07, 6.45) is 2.00. The van der Waals surface area contributed by atoms with Gasteiger partial charge < -0.3 is 19.8 Å². The Morgan fingerprint density at radius 2 is 2.10 bits per heavy atom. The van der Waals surface area contributed by atoms with Gasteiger partial charge in [0, 0.05) is 19.2 Å². The number of ether oxygens (including phenoxy) is 1. The number of amides is 1. The topological polar surface area (TPSA) is 70.0 Å². The summed E-state index contributed by atoms with van der Waals surface area (Å²) in [4.78, 5) is 14.1. The first-order valence-corrected chi connectivity index (χ1v) is 6.81. The minimum absolute atomic E-state index is 0.0784. The summed E-state index contributed by atoms with van der Waals surface area (Å²) in [7, 11) is 1.51. The zero-order valence-corrected chi connectivity index (χ0v) is 11.9. The van der Waals surface area contributed by atoms with Gasteiger partial charge in [0.15, 0.2) is 0 Å². The molecule has 20 heavy (non-hydrogen) atoms. The van der Waals surface area contributed by atoms with E-state index < -0.39 is 5.60 Å². The summed E-state index contributed by atoms with van der Waals surface area (Å²) in [6, 6.07) is 4.65. The van der Waals surface area contributed by atoms with Gasteiger partial charge in [-0.1, -0.05) is 0 Å². The van der Waals surface area contributed by atoms with E-state index in [9.17, 15) is 15.0 Å². The minimum Gasteiger partial charge on any atom is -0.507 e. The summed E-state index contributed by atoms with van der Waals surface area (Å²) in [5.41, 5.74) is -0.441. The van der Waals surface area contributed by atoms with Crippen LogP contribution in [0.3, 0.4) is 0 Å². The fourth-order valence-electron chi connectivity index (χ4n) is 2.46. The maximum absolute atomic E-state index is 12.4. The molecule has 2 N–H and O–H groups in total. The van der Waals surface area contributed by atoms with Gasteiger partial charge in [0.25, 0.3) is 5.91 Å². The summed E-state index contributed by atoms with van der Waals surface area (Å²) in [5, 5.41) is 20.0. The van der Waals surface area contributed by atoms with E-state index in [1.807, 2.05) is 0 Å². The molecule has 1 heterocycles. The van der Waals surface area contributed by atoms with Gasteiger partial charge in [0.2, 0.25) is 0 Å². The van der Waals surface area contributed by atoms with Gasteiger partial charge in [-0.05, 0) is 38.3 Å². The number of phenols is 1. The molecule has 1 amide bonds. The van der Waals surface area contributed by atoms with Crippen molar-refractivity contribution in [2.45, 2.75) is 31.8 Å². The summed E-state index contributed by atoms with van der Waals surface area (Å²) >= 11 is 0. The monoisotopic (exact) mass is 279 g/mol. The number of methoxy groups -OCH3 is 1. The summed E-state index contributed by atoms with van der Waals surface area (Å²) in [5.74, 6) is 0.228. The molecule has 0 bridgehead atoms. The second kappa shape index (κ2) is 5.71. The van der Waals surface area contributed by atoms with Crippen LogP contribution in [-0.2, 0) is 0 Å². The van der Waals surface area contributed by atoms with Crippen molar-refractivity contribution in [3.8, 4) is 11.5 Å². The van der Waals surface area contributed by atoms with E-state index in [0.29, 0.717) is 31.7 Å². The standard InChI is InChI=1S/C15H21NO4/c1-15(19)6-3-8-16(9-7-15)14(18)12-5-4-11(20-2)10-13(12)17/h4-5,10,17,19H,3,6-9H2,1-2H3. The third-order valence-corrected chi connectivity index (χ3v) is 3.79. The molecule has 1 aromatic carbocycles. The average molecular weight is 279 g/mol. The number of hydrogen-bond acceptors (Lipinski definition) is 4. The molecule has 5 nitrogen and oxygen atoms in total. The smallest absolute Gasteiger partial charge is 0.257 e. The Labute approximate surface area is 118 Å². The molecule has 1 saturated heterocycles. The van der Waals surface area contributed by atoms with Crippen LogP contribution in [0.15, 0.2) is 18.2 Å². The molecule has 0 saturated carbocycles. The molecule has 110 valence electrons. The van der Waals surface area contributed by atoms with Crippen molar-refractivity contribution in [2.24, 2.45) is 0 Å². The highest BCUT2D eigenvalue weighted by Crippen LogP contribution is 2.27. The molecular formula is C15H21NO4. The lowest BCUT2D eigenvalue weighted by molar-refractivity contribution is 0.0437. The Kier molecular flexibility index (Phi) is 4.18. The molecule has 0 radical (unpaired) electrons. The van der Waals surface area contributed by atoms with Crippen LogP contribution in [0.1, 0.15) is 36.5 Å². The number of carbonyl (C=O) groups excluding carboxylic acids is 1. The van der Waals surface area contributed by atoms with Gasteiger partial charge in [-0.2, -0.15) is 0 Å². The number of carbonyl (C=O) groups is 1. The highest BCUT2D eigenvalue weighted by Gasteiger charge is 2.28. The maximum atomic E-state index is 12.4. The fourth-order valence-corrected chi connectivity index (χ4v) is 2.46. The van der Waals surface area contributed by atoms with E-state index in [0.717, 1.165) is 6.42 Å². The van der Waals surface area contributed by atoms with Crippen molar-refractivity contribution in [3.05, 3.63) is 23.8 Å². The first-order chi connectivity index (χ1) is 9.43. The second-order valence-corrected chi connectivity index (χ2v) is 5.53. The Morgan fingerprint density at radius 3 is 2.75 bits per heavy atom. The van der Waals surface area contributed by atoms with Crippen LogP contribution in [0.25, 0.3) is 0 Å². The van der Waals surface area contributed by atoms with Gasteiger partial charge in [-0.15, -0.1) is 0 Å². The molecule has 5 heteroatoms. The SMILES string of the molecule is COc1ccc(C(=O)N2CCCC(C)(O)CC2)c(O)c1. The van der Waals surface area contributed by atoms with Crippen molar-refractivity contribution in [3.63, 3.8) is 0 Å². The Bertz CT molecular complexity index is 499. The van der Waals surface area contributed by atoms with Crippen LogP contribution in [0, 0.1) is 0 Å². The molecule has 1 unspecified atom stereocenters. The third kappa shape index (κ3) is 3.22. The zero-order chi connectivity index (χ0) is 14.8. The van der Waals surface area contributed by atoms with Crippen LogP contribution in [-0.4, -0.2) is 46.8 Å². The van der Waals surface area contributed by atoms with Gasteiger partial charge in [0.1, 0.15) is 11.5 Å². The van der Waals surface area contributed by atoms with E-state index in [-0.39, 0.29) is 17.2 Å². The van der Waals surface area contributed by atoms with Crippen LogP contribution >= 0.6 is 0 Å². The molecule has 2 rings (SSSR count). The number of aliphatic hydroxyl groups is 1. The fraction of sp³-hybridized carbons (Fsp3) is 0.533. The second-order valence-electron chi connectivity index (χ2n) is 5.53. The lowest BCUT2D eigenvalue weighted by Crippen LogP contribution is -2.33. The molecule has 0 aromatic heterocycles. The van der Waals surface area contributed by atoms with E-state index in [4.69, 9.17) is 4.74 Å². The number of likely N-dealkylation sites (tertiary alicyclic amines) is 1. The number of aromatic hydroxyl groups is 1. The molecule has 0 spiro atoms. The quantitative estimate of drug-likeness (QED) is 0.865. The van der Waals surface area contributed by atoms with Crippen molar-refractivity contribution < 1.29 is 19.7 Å². The predicted octanol–water partition coefficient (Wildman–Crippen LogP) is 1.78. The molecule has 1 fully saturated rings. The molecule has 1 aromatic rings. The van der Waals surface area contributed by atoms with Crippen LogP contribution in [0.4, 0.5) is 0 Å². The molecule has 1 aliphatic heterocycles. The van der Waals surface area contributed by atoms with E-state index in [1.165, 1.54) is 13.2 Å². The third-order valence-electron chi connectivity index (χ3n) is 3.79. The largest absolute Gasteiger partial charge is 0.507 e. The Morgan fingerprint density at radius 1 is 1.35 bits per heavy atom.